The number of aliphatic hydroxyl groups excluding tert-OH is 1. The number of benzene rings is 1. The van der Waals surface area contributed by atoms with Crippen LogP contribution in [0.5, 0.6) is 5.75 Å². The Hall–Kier alpha value is -1.62. The van der Waals surface area contributed by atoms with Crippen molar-refractivity contribution in [3.8, 4) is 5.75 Å². The molecule has 1 aromatic carbocycles. The molecule has 0 aliphatic carbocycles. The van der Waals surface area contributed by atoms with Crippen LogP contribution in [0.3, 0.4) is 0 Å². The van der Waals surface area contributed by atoms with E-state index in [2.05, 4.69) is 5.32 Å². The fraction of sp³-hybridized carbons (Fsp3) is 0.417. The summed E-state index contributed by atoms with van der Waals surface area (Å²) in [5.41, 5.74) is -0.0315. The quantitative estimate of drug-likeness (QED) is 0.814. The SMILES string of the molecule is COc1ccc(C(=O)NC[C@@H](C)CO)c(F)c1. The number of carbonyl (C=O) groups is 1. The molecule has 0 saturated carbocycles. The zero-order valence-electron chi connectivity index (χ0n) is 9.87. The Labute approximate surface area is 99.4 Å². The first-order valence-corrected chi connectivity index (χ1v) is 5.31. The van der Waals surface area contributed by atoms with Crippen molar-refractivity contribution in [3.05, 3.63) is 29.6 Å². The second-order valence-electron chi connectivity index (χ2n) is 3.84. The topological polar surface area (TPSA) is 58.6 Å². The summed E-state index contributed by atoms with van der Waals surface area (Å²) in [6, 6.07) is 4.05. The van der Waals surface area contributed by atoms with Crippen molar-refractivity contribution in [2.24, 2.45) is 5.92 Å². The van der Waals surface area contributed by atoms with Crippen LogP contribution >= 0.6 is 0 Å². The van der Waals surface area contributed by atoms with Crippen LogP contribution in [0.25, 0.3) is 0 Å². The van der Waals surface area contributed by atoms with Gasteiger partial charge in [-0.2, -0.15) is 0 Å². The van der Waals surface area contributed by atoms with Gasteiger partial charge in [-0.3, -0.25) is 4.79 Å². The van der Waals surface area contributed by atoms with Gasteiger partial charge in [0.25, 0.3) is 5.91 Å². The molecular formula is C12H16FNO3. The van der Waals surface area contributed by atoms with Gasteiger partial charge in [-0.25, -0.2) is 4.39 Å². The molecule has 0 unspecified atom stereocenters. The molecule has 17 heavy (non-hydrogen) atoms. The highest BCUT2D eigenvalue weighted by Crippen LogP contribution is 2.16. The van der Waals surface area contributed by atoms with E-state index in [0.29, 0.717) is 12.3 Å². The van der Waals surface area contributed by atoms with Gasteiger partial charge in [0.15, 0.2) is 0 Å². The van der Waals surface area contributed by atoms with E-state index in [4.69, 9.17) is 9.84 Å². The van der Waals surface area contributed by atoms with Crippen LogP contribution in [-0.4, -0.2) is 31.3 Å². The lowest BCUT2D eigenvalue weighted by molar-refractivity contribution is 0.0938. The van der Waals surface area contributed by atoms with Gasteiger partial charge < -0.3 is 15.2 Å². The molecule has 1 aromatic rings. The van der Waals surface area contributed by atoms with E-state index in [0.717, 1.165) is 6.07 Å². The molecule has 4 nitrogen and oxygen atoms in total. The van der Waals surface area contributed by atoms with Crippen LogP contribution in [0.15, 0.2) is 18.2 Å². The Morgan fingerprint density at radius 3 is 2.82 bits per heavy atom. The predicted molar refractivity (Wildman–Crippen MR) is 61.5 cm³/mol. The first-order valence-electron chi connectivity index (χ1n) is 5.31. The van der Waals surface area contributed by atoms with Crippen LogP contribution in [0.2, 0.25) is 0 Å². The maximum absolute atomic E-state index is 13.5. The summed E-state index contributed by atoms with van der Waals surface area (Å²) < 4.78 is 18.3. The summed E-state index contributed by atoms with van der Waals surface area (Å²) >= 11 is 0. The lowest BCUT2D eigenvalue weighted by Crippen LogP contribution is -2.30. The smallest absolute Gasteiger partial charge is 0.254 e. The van der Waals surface area contributed by atoms with E-state index < -0.39 is 11.7 Å². The third-order valence-electron chi connectivity index (χ3n) is 2.34. The monoisotopic (exact) mass is 241 g/mol. The van der Waals surface area contributed by atoms with Crippen molar-refractivity contribution in [2.45, 2.75) is 6.92 Å². The molecule has 1 amide bonds. The molecule has 1 atom stereocenters. The van der Waals surface area contributed by atoms with Gasteiger partial charge in [-0.15, -0.1) is 0 Å². The maximum Gasteiger partial charge on any atom is 0.254 e. The number of carbonyl (C=O) groups excluding carboxylic acids is 1. The zero-order chi connectivity index (χ0) is 12.8. The van der Waals surface area contributed by atoms with Crippen LogP contribution < -0.4 is 10.1 Å². The van der Waals surface area contributed by atoms with Gasteiger partial charge >= 0.3 is 0 Å². The molecule has 94 valence electrons. The molecule has 0 aromatic heterocycles. The van der Waals surface area contributed by atoms with Gasteiger partial charge in [0.2, 0.25) is 0 Å². The Morgan fingerprint density at radius 1 is 1.59 bits per heavy atom. The van der Waals surface area contributed by atoms with Gasteiger partial charge in [0, 0.05) is 19.2 Å². The lowest BCUT2D eigenvalue weighted by atomic mass is 10.1. The molecule has 0 fully saturated rings. The number of halogens is 1. The molecule has 0 radical (unpaired) electrons. The van der Waals surface area contributed by atoms with Crippen LogP contribution in [0.4, 0.5) is 4.39 Å². The summed E-state index contributed by atoms with van der Waals surface area (Å²) in [5, 5.41) is 11.3. The van der Waals surface area contributed by atoms with E-state index >= 15 is 0 Å². The van der Waals surface area contributed by atoms with Gasteiger partial charge in [0.05, 0.1) is 12.7 Å². The second-order valence-corrected chi connectivity index (χ2v) is 3.84. The van der Waals surface area contributed by atoms with Crippen LogP contribution in [0.1, 0.15) is 17.3 Å². The summed E-state index contributed by atoms with van der Waals surface area (Å²) in [5.74, 6) is -0.813. The predicted octanol–water partition coefficient (Wildman–Crippen LogP) is 1.19. The normalized spacial score (nSPS) is 12.0. The average Bonchev–Trinajstić information content (AvgIpc) is 2.35. The van der Waals surface area contributed by atoms with Crippen LogP contribution in [-0.2, 0) is 0 Å². The third-order valence-corrected chi connectivity index (χ3v) is 2.34. The molecule has 1 rings (SSSR count). The van der Waals surface area contributed by atoms with E-state index in [1.54, 1.807) is 6.92 Å². The number of amides is 1. The summed E-state index contributed by atoms with van der Waals surface area (Å²) in [6.45, 7) is 2.07. The molecule has 2 N–H and O–H groups in total. The van der Waals surface area contributed by atoms with Gasteiger partial charge in [0.1, 0.15) is 11.6 Å². The molecule has 0 bridgehead atoms. The van der Waals surface area contributed by atoms with E-state index in [9.17, 15) is 9.18 Å². The maximum atomic E-state index is 13.5. The highest BCUT2D eigenvalue weighted by atomic mass is 19.1. The molecular weight excluding hydrogens is 225 g/mol. The number of aliphatic hydroxyl groups is 1. The van der Waals surface area contributed by atoms with E-state index in [1.807, 2.05) is 0 Å². The minimum absolute atomic E-state index is 0.0224. The number of methoxy groups -OCH3 is 1. The van der Waals surface area contributed by atoms with Crippen molar-refractivity contribution in [1.82, 2.24) is 5.32 Å². The number of ether oxygens (including phenoxy) is 1. The van der Waals surface area contributed by atoms with Gasteiger partial charge in [-0.1, -0.05) is 6.92 Å². The minimum atomic E-state index is -0.626. The Balaban J connectivity index is 2.69. The van der Waals surface area contributed by atoms with Crippen molar-refractivity contribution in [1.29, 1.82) is 0 Å². The molecule has 0 spiro atoms. The Bertz CT molecular complexity index is 395. The molecule has 0 heterocycles. The largest absolute Gasteiger partial charge is 0.497 e. The van der Waals surface area contributed by atoms with Gasteiger partial charge in [-0.05, 0) is 18.1 Å². The summed E-state index contributed by atoms with van der Waals surface area (Å²) in [7, 11) is 1.43. The number of hydrogen-bond donors (Lipinski definition) is 2. The fourth-order valence-corrected chi connectivity index (χ4v) is 1.23. The molecule has 5 heteroatoms. The fourth-order valence-electron chi connectivity index (χ4n) is 1.23. The van der Waals surface area contributed by atoms with Crippen LogP contribution in [0, 0.1) is 11.7 Å². The second kappa shape index (κ2) is 6.20. The van der Waals surface area contributed by atoms with E-state index in [-0.39, 0.29) is 18.1 Å². The lowest BCUT2D eigenvalue weighted by Gasteiger charge is -2.10. The first-order chi connectivity index (χ1) is 8.08. The average molecular weight is 241 g/mol. The number of rotatable bonds is 5. The van der Waals surface area contributed by atoms with Crippen molar-refractivity contribution >= 4 is 5.91 Å². The Morgan fingerprint density at radius 2 is 2.29 bits per heavy atom. The Kier molecular flexibility index (Phi) is 4.90. The summed E-state index contributed by atoms with van der Waals surface area (Å²) in [6.07, 6.45) is 0. The third kappa shape index (κ3) is 3.71. The zero-order valence-corrected chi connectivity index (χ0v) is 9.87. The molecule has 0 aliphatic heterocycles. The molecule has 0 saturated heterocycles. The highest BCUT2D eigenvalue weighted by molar-refractivity contribution is 5.94. The summed E-state index contributed by atoms with van der Waals surface area (Å²) in [4.78, 5) is 11.6. The molecule has 0 aliphatic rings. The van der Waals surface area contributed by atoms with Crippen molar-refractivity contribution in [3.63, 3.8) is 0 Å². The number of hydrogen-bond acceptors (Lipinski definition) is 3. The van der Waals surface area contributed by atoms with Crippen molar-refractivity contribution < 1.29 is 19.0 Å². The highest BCUT2D eigenvalue weighted by Gasteiger charge is 2.13. The standard InChI is InChI=1S/C12H16FNO3/c1-8(7-15)6-14-12(16)10-4-3-9(17-2)5-11(10)13/h3-5,8,15H,6-7H2,1-2H3,(H,14,16)/t8-/m1/s1. The number of nitrogens with one attached hydrogen (secondary N) is 1. The first kappa shape index (κ1) is 13.4. The van der Waals surface area contributed by atoms with E-state index in [1.165, 1.54) is 19.2 Å². The van der Waals surface area contributed by atoms with Crippen molar-refractivity contribution in [2.75, 3.05) is 20.3 Å². The minimum Gasteiger partial charge on any atom is -0.497 e.